The number of rotatable bonds is 2. The van der Waals surface area contributed by atoms with Crippen molar-refractivity contribution in [2.24, 2.45) is 12.8 Å². The van der Waals surface area contributed by atoms with Crippen LogP contribution in [-0.4, -0.2) is 14.8 Å². The van der Waals surface area contributed by atoms with Gasteiger partial charge in [-0.15, -0.1) is 11.3 Å². The maximum absolute atomic E-state index is 5.59. The minimum absolute atomic E-state index is 0.503. The van der Waals surface area contributed by atoms with Gasteiger partial charge in [-0.05, 0) is 0 Å². The van der Waals surface area contributed by atoms with Gasteiger partial charge in [0.05, 0.1) is 0 Å². The zero-order valence-corrected chi connectivity index (χ0v) is 8.08. The van der Waals surface area contributed by atoms with Gasteiger partial charge in [0.2, 0.25) is 0 Å². The van der Waals surface area contributed by atoms with Crippen LogP contribution in [0.3, 0.4) is 0 Å². The third-order valence-electron chi connectivity index (χ3n) is 1.76. The van der Waals surface area contributed by atoms with Crippen molar-refractivity contribution < 1.29 is 0 Å². The summed E-state index contributed by atoms with van der Waals surface area (Å²) < 4.78 is 1.76. The van der Waals surface area contributed by atoms with Crippen LogP contribution in [0.15, 0.2) is 17.8 Å². The third kappa shape index (κ3) is 1.48. The molecule has 0 fully saturated rings. The molecule has 0 saturated heterocycles. The number of nitrogens with zero attached hydrogens (tertiary/aromatic N) is 3. The Morgan fingerprint density at radius 3 is 3.08 bits per heavy atom. The molecule has 0 aromatic carbocycles. The first kappa shape index (κ1) is 8.40. The molecule has 5 heteroatoms. The normalized spacial score (nSPS) is 10.6. The molecule has 0 radical (unpaired) electrons. The predicted molar refractivity (Wildman–Crippen MR) is 52.2 cm³/mol. The van der Waals surface area contributed by atoms with Crippen molar-refractivity contribution in [1.82, 2.24) is 14.8 Å². The van der Waals surface area contributed by atoms with E-state index in [1.807, 2.05) is 18.6 Å². The average Bonchev–Trinajstić information content (AvgIpc) is 2.71. The lowest BCUT2D eigenvalue weighted by Crippen LogP contribution is -1.96. The molecule has 0 bridgehead atoms. The molecule has 0 amide bonds. The minimum Gasteiger partial charge on any atom is -0.326 e. The lowest BCUT2D eigenvalue weighted by atomic mass is 10.2. The topological polar surface area (TPSA) is 56.7 Å². The Morgan fingerprint density at radius 1 is 1.62 bits per heavy atom. The van der Waals surface area contributed by atoms with E-state index in [-0.39, 0.29) is 0 Å². The molecular formula is C8H10N4S. The zero-order valence-electron chi connectivity index (χ0n) is 7.27. The summed E-state index contributed by atoms with van der Waals surface area (Å²) in [5.41, 5.74) is 7.54. The Labute approximate surface area is 80.0 Å². The van der Waals surface area contributed by atoms with E-state index >= 15 is 0 Å². The molecule has 0 aliphatic heterocycles. The van der Waals surface area contributed by atoms with Crippen molar-refractivity contribution in [3.8, 4) is 10.7 Å². The second kappa shape index (κ2) is 3.27. The molecule has 0 aliphatic rings. The standard InChI is InChI=1S/C8H10N4S/c1-12-5-6(4-9)7(11-12)8-10-2-3-13-8/h2-3,5H,4,9H2,1H3. The summed E-state index contributed by atoms with van der Waals surface area (Å²) in [6, 6.07) is 0. The molecule has 2 N–H and O–H groups in total. The van der Waals surface area contributed by atoms with Crippen LogP contribution >= 0.6 is 11.3 Å². The predicted octanol–water partition coefficient (Wildman–Crippen LogP) is 1.00. The van der Waals surface area contributed by atoms with Crippen molar-refractivity contribution in [1.29, 1.82) is 0 Å². The van der Waals surface area contributed by atoms with Crippen molar-refractivity contribution in [2.45, 2.75) is 6.54 Å². The van der Waals surface area contributed by atoms with Crippen LogP contribution in [0.25, 0.3) is 10.7 Å². The fraction of sp³-hybridized carbons (Fsp3) is 0.250. The number of thiazole rings is 1. The van der Waals surface area contributed by atoms with Crippen LogP contribution in [0.1, 0.15) is 5.56 Å². The van der Waals surface area contributed by atoms with E-state index in [2.05, 4.69) is 10.1 Å². The van der Waals surface area contributed by atoms with Gasteiger partial charge in [-0.25, -0.2) is 4.98 Å². The Hall–Kier alpha value is -1.20. The highest BCUT2D eigenvalue weighted by atomic mass is 32.1. The summed E-state index contributed by atoms with van der Waals surface area (Å²) in [6.07, 6.45) is 3.70. The van der Waals surface area contributed by atoms with Crippen molar-refractivity contribution in [3.05, 3.63) is 23.3 Å². The van der Waals surface area contributed by atoms with Gasteiger partial charge in [0.1, 0.15) is 10.7 Å². The smallest absolute Gasteiger partial charge is 0.143 e. The average molecular weight is 194 g/mol. The first-order valence-electron chi connectivity index (χ1n) is 3.93. The van der Waals surface area contributed by atoms with Gasteiger partial charge >= 0.3 is 0 Å². The second-order valence-electron chi connectivity index (χ2n) is 2.72. The lowest BCUT2D eigenvalue weighted by molar-refractivity contribution is 0.769. The first-order valence-corrected chi connectivity index (χ1v) is 4.81. The monoisotopic (exact) mass is 194 g/mol. The summed E-state index contributed by atoms with van der Waals surface area (Å²) in [4.78, 5) is 4.20. The van der Waals surface area contributed by atoms with Gasteiger partial charge in [-0.2, -0.15) is 5.10 Å². The summed E-state index contributed by atoms with van der Waals surface area (Å²) in [5, 5.41) is 7.17. The van der Waals surface area contributed by atoms with Gasteiger partial charge in [-0.1, -0.05) is 0 Å². The molecule has 0 aliphatic carbocycles. The van der Waals surface area contributed by atoms with E-state index in [4.69, 9.17) is 5.73 Å². The number of nitrogens with two attached hydrogens (primary N) is 1. The maximum atomic E-state index is 5.59. The van der Waals surface area contributed by atoms with Crippen LogP contribution in [0.2, 0.25) is 0 Å². The molecule has 68 valence electrons. The quantitative estimate of drug-likeness (QED) is 0.776. The lowest BCUT2D eigenvalue weighted by Gasteiger charge is -1.92. The van der Waals surface area contributed by atoms with Crippen LogP contribution in [-0.2, 0) is 13.6 Å². The van der Waals surface area contributed by atoms with E-state index < -0.39 is 0 Å². The molecule has 13 heavy (non-hydrogen) atoms. The SMILES string of the molecule is Cn1cc(CN)c(-c2nccs2)n1. The van der Waals surface area contributed by atoms with E-state index in [1.54, 1.807) is 22.2 Å². The van der Waals surface area contributed by atoms with Crippen molar-refractivity contribution in [3.63, 3.8) is 0 Å². The zero-order chi connectivity index (χ0) is 9.26. The Kier molecular flexibility index (Phi) is 2.12. The number of hydrogen-bond donors (Lipinski definition) is 1. The van der Waals surface area contributed by atoms with Crippen molar-refractivity contribution in [2.75, 3.05) is 0 Å². The first-order chi connectivity index (χ1) is 6.31. The molecule has 0 unspecified atom stereocenters. The van der Waals surface area contributed by atoms with E-state index in [9.17, 15) is 0 Å². The summed E-state index contributed by atoms with van der Waals surface area (Å²) in [5.74, 6) is 0. The van der Waals surface area contributed by atoms with Crippen LogP contribution in [0.4, 0.5) is 0 Å². The van der Waals surface area contributed by atoms with Gasteiger partial charge in [-0.3, -0.25) is 4.68 Å². The molecule has 0 spiro atoms. The van der Waals surface area contributed by atoms with Gasteiger partial charge < -0.3 is 5.73 Å². The fourth-order valence-electron chi connectivity index (χ4n) is 1.21. The summed E-state index contributed by atoms with van der Waals surface area (Å²) >= 11 is 1.58. The largest absolute Gasteiger partial charge is 0.326 e. The highest BCUT2D eigenvalue weighted by molar-refractivity contribution is 7.13. The highest BCUT2D eigenvalue weighted by Crippen LogP contribution is 2.23. The third-order valence-corrected chi connectivity index (χ3v) is 2.54. The highest BCUT2D eigenvalue weighted by Gasteiger charge is 2.10. The minimum atomic E-state index is 0.503. The van der Waals surface area contributed by atoms with E-state index in [1.165, 1.54) is 0 Å². The Morgan fingerprint density at radius 2 is 2.46 bits per heavy atom. The van der Waals surface area contributed by atoms with Gasteiger partial charge in [0.25, 0.3) is 0 Å². The molecule has 2 aromatic rings. The maximum Gasteiger partial charge on any atom is 0.143 e. The van der Waals surface area contributed by atoms with Gasteiger partial charge in [0, 0.05) is 36.9 Å². The summed E-state index contributed by atoms with van der Waals surface area (Å²) in [6.45, 7) is 0.503. The van der Waals surface area contributed by atoms with Crippen LogP contribution in [0.5, 0.6) is 0 Å². The Bertz CT molecular complexity index is 390. The van der Waals surface area contributed by atoms with Crippen molar-refractivity contribution >= 4 is 11.3 Å². The molecule has 2 rings (SSSR count). The molecule has 0 saturated carbocycles. The molecule has 0 atom stereocenters. The fourth-order valence-corrected chi connectivity index (χ4v) is 1.86. The van der Waals surface area contributed by atoms with Gasteiger partial charge in [0.15, 0.2) is 0 Å². The van der Waals surface area contributed by atoms with E-state index in [0.717, 1.165) is 16.3 Å². The molecule has 4 nitrogen and oxygen atoms in total. The molecule has 2 heterocycles. The molecule has 2 aromatic heterocycles. The number of aromatic nitrogens is 3. The Balaban J connectivity index is 2.50. The molecular weight excluding hydrogens is 184 g/mol. The second-order valence-corrected chi connectivity index (χ2v) is 3.61. The van der Waals surface area contributed by atoms with Crippen LogP contribution < -0.4 is 5.73 Å². The summed E-state index contributed by atoms with van der Waals surface area (Å²) in [7, 11) is 1.89. The van der Waals surface area contributed by atoms with E-state index in [0.29, 0.717) is 6.54 Å². The van der Waals surface area contributed by atoms with Crippen LogP contribution in [0, 0.1) is 0 Å². The number of hydrogen-bond acceptors (Lipinski definition) is 4. The number of aryl methyl sites for hydroxylation is 1.